The summed E-state index contributed by atoms with van der Waals surface area (Å²) in [7, 11) is 0. The molecule has 228 valence electrons. The first-order valence-electron chi connectivity index (χ1n) is 15.0. The molecule has 0 unspecified atom stereocenters. The number of aromatic carboxylic acids is 1. The minimum atomic E-state index is -1.25. The second-order valence-electron chi connectivity index (χ2n) is 11.4. The van der Waals surface area contributed by atoms with Crippen LogP contribution in [-0.4, -0.2) is 32.9 Å². The highest BCUT2D eigenvalue weighted by molar-refractivity contribution is 7.97. The maximum Gasteiger partial charge on any atom is 0.339 e. The van der Waals surface area contributed by atoms with Crippen LogP contribution in [0.3, 0.4) is 0 Å². The summed E-state index contributed by atoms with van der Waals surface area (Å²) in [4.78, 5) is 28.1. The second kappa shape index (κ2) is 14.6. The van der Waals surface area contributed by atoms with Crippen molar-refractivity contribution in [3.63, 3.8) is 0 Å². The smallest absolute Gasteiger partial charge is 0.339 e. The standard InChI is InChI=1S/C36H37FN2O4S/c1-25-11-18-31(19-12-25)44-38(23-29-9-5-6-10-33(29)37)24-35(41)39(30-17-20-32(36(42)43)34(40)21-30)22-26-13-15-28(16-14-26)27-7-3-2-4-8-27/h5-6,9-21,27,40H,2-4,7-8,22-24H2,1H3,(H,42,43). The summed E-state index contributed by atoms with van der Waals surface area (Å²) < 4.78 is 16.5. The number of aryl methyl sites for hydroxylation is 1. The Balaban J connectivity index is 1.43. The van der Waals surface area contributed by atoms with Crippen LogP contribution in [0.1, 0.15) is 70.6 Å². The molecule has 0 atom stereocenters. The largest absolute Gasteiger partial charge is 0.507 e. The van der Waals surface area contributed by atoms with Crippen molar-refractivity contribution in [3.8, 4) is 5.75 Å². The first-order valence-corrected chi connectivity index (χ1v) is 15.7. The molecule has 0 radical (unpaired) electrons. The number of phenols is 1. The van der Waals surface area contributed by atoms with E-state index in [1.54, 1.807) is 23.1 Å². The first kappa shape index (κ1) is 31.3. The molecule has 0 heterocycles. The number of carboxylic acid groups (broad SMARTS) is 1. The molecule has 1 aliphatic carbocycles. The van der Waals surface area contributed by atoms with E-state index in [0.29, 0.717) is 17.2 Å². The number of carboxylic acids is 1. The second-order valence-corrected chi connectivity index (χ2v) is 12.5. The summed E-state index contributed by atoms with van der Waals surface area (Å²) in [6, 6.07) is 26.9. The van der Waals surface area contributed by atoms with Crippen molar-refractivity contribution in [3.05, 3.63) is 125 Å². The third-order valence-electron chi connectivity index (χ3n) is 8.09. The van der Waals surface area contributed by atoms with Gasteiger partial charge >= 0.3 is 5.97 Å². The summed E-state index contributed by atoms with van der Waals surface area (Å²) in [5.74, 6) is -1.74. The van der Waals surface area contributed by atoms with E-state index < -0.39 is 11.7 Å². The number of halogens is 1. The highest BCUT2D eigenvalue weighted by Gasteiger charge is 2.24. The lowest BCUT2D eigenvalue weighted by Gasteiger charge is -2.28. The van der Waals surface area contributed by atoms with Crippen molar-refractivity contribution >= 4 is 29.5 Å². The quantitative estimate of drug-likeness (QED) is 0.166. The normalized spacial score (nSPS) is 13.6. The van der Waals surface area contributed by atoms with Gasteiger partial charge in [-0.2, -0.15) is 0 Å². The van der Waals surface area contributed by atoms with Gasteiger partial charge < -0.3 is 15.1 Å². The van der Waals surface area contributed by atoms with Gasteiger partial charge in [-0.25, -0.2) is 13.5 Å². The van der Waals surface area contributed by atoms with Gasteiger partial charge in [-0.1, -0.05) is 79.4 Å². The van der Waals surface area contributed by atoms with Crippen LogP contribution in [0.2, 0.25) is 0 Å². The summed E-state index contributed by atoms with van der Waals surface area (Å²) in [6.45, 7) is 2.34. The molecule has 1 amide bonds. The Morgan fingerprint density at radius 3 is 2.25 bits per heavy atom. The highest BCUT2D eigenvalue weighted by Crippen LogP contribution is 2.33. The third-order valence-corrected chi connectivity index (χ3v) is 9.09. The van der Waals surface area contributed by atoms with Gasteiger partial charge in [0.2, 0.25) is 5.91 Å². The van der Waals surface area contributed by atoms with E-state index in [1.807, 2.05) is 47.6 Å². The van der Waals surface area contributed by atoms with Crippen molar-refractivity contribution in [2.24, 2.45) is 0 Å². The van der Waals surface area contributed by atoms with Crippen molar-refractivity contribution in [2.45, 2.75) is 62.9 Å². The molecular formula is C36H37FN2O4S. The fourth-order valence-corrected chi connectivity index (χ4v) is 6.56. The average Bonchev–Trinajstić information content (AvgIpc) is 3.02. The molecule has 0 aliphatic heterocycles. The lowest BCUT2D eigenvalue weighted by Crippen LogP contribution is -2.38. The topological polar surface area (TPSA) is 81.1 Å². The lowest BCUT2D eigenvalue weighted by molar-refractivity contribution is -0.118. The Morgan fingerprint density at radius 2 is 1.59 bits per heavy atom. The van der Waals surface area contributed by atoms with Crippen LogP contribution in [0, 0.1) is 12.7 Å². The lowest BCUT2D eigenvalue weighted by atomic mass is 9.84. The van der Waals surface area contributed by atoms with E-state index in [-0.39, 0.29) is 36.9 Å². The summed E-state index contributed by atoms with van der Waals surface area (Å²) in [5.41, 5.74) is 3.92. The monoisotopic (exact) mass is 612 g/mol. The minimum absolute atomic E-state index is 0.0610. The van der Waals surface area contributed by atoms with Crippen LogP contribution < -0.4 is 4.90 Å². The molecule has 2 N–H and O–H groups in total. The van der Waals surface area contributed by atoms with Crippen LogP contribution in [0.15, 0.2) is 95.9 Å². The SMILES string of the molecule is Cc1ccc(SN(CC(=O)N(Cc2ccc(C3CCCCC3)cc2)c2ccc(C(=O)O)c(O)c2)Cc2ccccc2F)cc1. The van der Waals surface area contributed by atoms with Gasteiger partial charge in [-0.3, -0.25) is 4.79 Å². The molecule has 0 bridgehead atoms. The van der Waals surface area contributed by atoms with Crippen molar-refractivity contribution in [1.82, 2.24) is 4.31 Å². The fraction of sp³-hybridized carbons (Fsp3) is 0.278. The van der Waals surface area contributed by atoms with Crippen molar-refractivity contribution in [2.75, 3.05) is 11.4 Å². The number of aromatic hydroxyl groups is 1. The van der Waals surface area contributed by atoms with Gasteiger partial charge in [0.05, 0.1) is 13.1 Å². The van der Waals surface area contributed by atoms with Crippen LogP contribution >= 0.6 is 11.9 Å². The van der Waals surface area contributed by atoms with Crippen LogP contribution in [0.25, 0.3) is 0 Å². The number of carbonyl (C=O) groups excluding carboxylic acids is 1. The van der Waals surface area contributed by atoms with Gasteiger partial charge in [0.15, 0.2) is 0 Å². The van der Waals surface area contributed by atoms with Gasteiger partial charge in [-0.15, -0.1) is 0 Å². The van der Waals surface area contributed by atoms with Gasteiger partial charge in [0.1, 0.15) is 17.1 Å². The van der Waals surface area contributed by atoms with Crippen LogP contribution in [0.5, 0.6) is 5.75 Å². The molecule has 8 heteroatoms. The Labute approximate surface area is 262 Å². The first-order chi connectivity index (χ1) is 21.3. The molecular weight excluding hydrogens is 575 g/mol. The molecule has 0 saturated heterocycles. The Kier molecular flexibility index (Phi) is 10.4. The summed E-state index contributed by atoms with van der Waals surface area (Å²) >= 11 is 1.37. The average molecular weight is 613 g/mol. The molecule has 5 rings (SSSR count). The number of benzene rings is 4. The van der Waals surface area contributed by atoms with E-state index in [1.165, 1.54) is 73.9 Å². The Morgan fingerprint density at radius 1 is 0.886 bits per heavy atom. The minimum Gasteiger partial charge on any atom is -0.507 e. The maximum absolute atomic E-state index is 14.7. The van der Waals surface area contributed by atoms with Gasteiger partial charge in [0, 0.05) is 28.8 Å². The van der Waals surface area contributed by atoms with Crippen molar-refractivity contribution in [1.29, 1.82) is 0 Å². The zero-order valence-corrected chi connectivity index (χ0v) is 25.6. The van der Waals surface area contributed by atoms with E-state index in [0.717, 1.165) is 16.0 Å². The molecule has 4 aromatic carbocycles. The van der Waals surface area contributed by atoms with Gasteiger partial charge in [-0.05, 0) is 79.1 Å². The van der Waals surface area contributed by atoms with Crippen molar-refractivity contribution < 1.29 is 24.2 Å². The number of rotatable bonds is 11. The Bertz CT molecular complexity index is 1590. The van der Waals surface area contributed by atoms with E-state index in [2.05, 4.69) is 12.1 Å². The third kappa shape index (κ3) is 8.07. The number of amides is 1. The van der Waals surface area contributed by atoms with Crippen LogP contribution in [-0.2, 0) is 17.9 Å². The molecule has 44 heavy (non-hydrogen) atoms. The number of hydrogen-bond acceptors (Lipinski definition) is 5. The van der Waals surface area contributed by atoms with Gasteiger partial charge in [0.25, 0.3) is 0 Å². The number of carbonyl (C=O) groups is 2. The molecule has 1 saturated carbocycles. The number of hydrogen-bond donors (Lipinski definition) is 2. The highest BCUT2D eigenvalue weighted by atomic mass is 32.2. The number of nitrogens with zero attached hydrogens (tertiary/aromatic N) is 2. The fourth-order valence-electron chi connectivity index (χ4n) is 5.63. The molecule has 6 nitrogen and oxygen atoms in total. The summed E-state index contributed by atoms with van der Waals surface area (Å²) in [6.07, 6.45) is 6.16. The Hall–Kier alpha value is -4.14. The zero-order valence-electron chi connectivity index (χ0n) is 24.8. The molecule has 0 spiro atoms. The molecule has 0 aromatic heterocycles. The molecule has 1 aliphatic rings. The molecule has 4 aromatic rings. The summed E-state index contributed by atoms with van der Waals surface area (Å²) in [5, 5.41) is 19.9. The van der Waals surface area contributed by atoms with Crippen LogP contribution in [0.4, 0.5) is 10.1 Å². The molecule has 1 fully saturated rings. The van der Waals surface area contributed by atoms with E-state index in [4.69, 9.17) is 0 Å². The predicted octanol–water partition coefficient (Wildman–Crippen LogP) is 8.33. The number of anilines is 1. The zero-order chi connectivity index (χ0) is 31.1. The predicted molar refractivity (Wildman–Crippen MR) is 172 cm³/mol. The van der Waals surface area contributed by atoms with E-state index in [9.17, 15) is 24.2 Å². The van der Waals surface area contributed by atoms with E-state index >= 15 is 0 Å². The maximum atomic E-state index is 14.7.